The normalized spacial score (nSPS) is 16.2. The summed E-state index contributed by atoms with van der Waals surface area (Å²) in [6.07, 6.45) is 1.42. The molecule has 3 rings (SSSR count). The lowest BCUT2D eigenvalue weighted by Crippen LogP contribution is -2.36. The number of benzene rings is 2. The molecule has 3 atom stereocenters. The highest BCUT2D eigenvalue weighted by Crippen LogP contribution is 2.35. The summed E-state index contributed by atoms with van der Waals surface area (Å²) in [6.45, 7) is 4.59. The number of aliphatic hydroxyl groups excluding tert-OH is 1. The van der Waals surface area contributed by atoms with Crippen molar-refractivity contribution < 1.29 is 33.1 Å². The zero-order valence-corrected chi connectivity index (χ0v) is 23.4. The molecule has 0 aromatic heterocycles. The van der Waals surface area contributed by atoms with Crippen LogP contribution in [0, 0.1) is 11.6 Å². The maximum absolute atomic E-state index is 14.2. The van der Waals surface area contributed by atoms with Crippen LogP contribution in [0.25, 0.3) is 0 Å². The van der Waals surface area contributed by atoms with Crippen LogP contribution in [0.3, 0.4) is 0 Å². The first-order valence-corrected chi connectivity index (χ1v) is 13.9. The van der Waals surface area contributed by atoms with Crippen molar-refractivity contribution in [1.29, 1.82) is 0 Å². The number of carbonyl (C=O) groups excluding carboxylic acids is 4. The smallest absolute Gasteiger partial charge is 0.254 e. The fraction of sp³-hybridized carbons (Fsp3) is 0.467. The number of aliphatic hydroxyl groups is 1. The Bertz CT molecular complexity index is 1280. The average molecular weight is 573 g/mol. The van der Waals surface area contributed by atoms with Crippen molar-refractivity contribution in [1.82, 2.24) is 10.2 Å². The van der Waals surface area contributed by atoms with Gasteiger partial charge in [-0.15, -0.1) is 0 Å². The number of nitrogens with zero attached hydrogens (tertiary/aromatic N) is 1. The van der Waals surface area contributed by atoms with Gasteiger partial charge in [0, 0.05) is 54.2 Å². The molecule has 41 heavy (non-hydrogen) atoms. The van der Waals surface area contributed by atoms with Gasteiger partial charge in [-0.3, -0.25) is 19.2 Å². The SMILES string of the molecule is CCCN(CCC)C(=O)c1cc(C(N)=O)cc(C(N)=O)c1C(Cc1cc(F)cc(F)c1)C(O)CCC1CCC(=O)N1. The van der Waals surface area contributed by atoms with E-state index in [4.69, 9.17) is 11.5 Å². The number of halogens is 2. The maximum Gasteiger partial charge on any atom is 0.254 e. The number of hydrogen-bond donors (Lipinski definition) is 4. The highest BCUT2D eigenvalue weighted by atomic mass is 19.1. The second-order valence-electron chi connectivity index (χ2n) is 10.5. The molecule has 11 heteroatoms. The van der Waals surface area contributed by atoms with E-state index in [1.165, 1.54) is 12.1 Å². The van der Waals surface area contributed by atoms with E-state index in [1.54, 1.807) is 4.90 Å². The Balaban J connectivity index is 2.21. The van der Waals surface area contributed by atoms with Gasteiger partial charge in [0.05, 0.1) is 6.10 Å². The van der Waals surface area contributed by atoms with E-state index >= 15 is 0 Å². The first-order valence-electron chi connectivity index (χ1n) is 13.9. The van der Waals surface area contributed by atoms with Gasteiger partial charge in [-0.25, -0.2) is 8.78 Å². The Hall–Kier alpha value is -3.86. The first-order chi connectivity index (χ1) is 19.4. The van der Waals surface area contributed by atoms with E-state index in [9.17, 15) is 33.1 Å². The van der Waals surface area contributed by atoms with Crippen LogP contribution in [-0.4, -0.2) is 58.9 Å². The number of hydrogen-bond acceptors (Lipinski definition) is 5. The molecule has 1 aliphatic heterocycles. The van der Waals surface area contributed by atoms with Crippen LogP contribution in [0.5, 0.6) is 0 Å². The molecule has 0 saturated carbocycles. The Morgan fingerprint density at radius 2 is 1.61 bits per heavy atom. The van der Waals surface area contributed by atoms with Crippen molar-refractivity contribution in [2.75, 3.05) is 13.1 Å². The standard InChI is InChI=1S/C30H38F2N4O5/c1-3-9-36(10-4-2)30(41)24-15-18(28(33)39)14-23(29(34)40)27(24)22(13-17-11-19(31)16-20(32)12-17)25(37)7-5-21-6-8-26(38)35-21/h11-12,14-16,21-22,25,37H,3-10,13H2,1-2H3,(H2,33,39)(H2,34,40)(H,35,38). The van der Waals surface area contributed by atoms with Gasteiger partial charge >= 0.3 is 0 Å². The fourth-order valence-electron chi connectivity index (χ4n) is 5.48. The second kappa shape index (κ2) is 14.2. The highest BCUT2D eigenvalue weighted by molar-refractivity contribution is 6.06. The van der Waals surface area contributed by atoms with Crippen molar-refractivity contribution in [3.63, 3.8) is 0 Å². The van der Waals surface area contributed by atoms with E-state index in [2.05, 4.69) is 5.32 Å². The first kappa shape index (κ1) is 31.7. The molecule has 4 amide bonds. The van der Waals surface area contributed by atoms with Crippen LogP contribution >= 0.6 is 0 Å². The molecule has 9 nitrogen and oxygen atoms in total. The summed E-state index contributed by atoms with van der Waals surface area (Å²) in [5.41, 5.74) is 11.2. The van der Waals surface area contributed by atoms with Gasteiger partial charge in [-0.05, 0) is 73.9 Å². The van der Waals surface area contributed by atoms with Crippen molar-refractivity contribution in [2.45, 2.75) is 76.9 Å². The second-order valence-corrected chi connectivity index (χ2v) is 10.5. The van der Waals surface area contributed by atoms with Crippen LogP contribution in [-0.2, 0) is 11.2 Å². The minimum Gasteiger partial charge on any atom is -0.392 e. The van der Waals surface area contributed by atoms with E-state index in [0.717, 1.165) is 18.2 Å². The van der Waals surface area contributed by atoms with Gasteiger partial charge < -0.3 is 26.8 Å². The third kappa shape index (κ3) is 8.09. The van der Waals surface area contributed by atoms with Gasteiger partial charge in [-0.1, -0.05) is 13.8 Å². The van der Waals surface area contributed by atoms with Gasteiger partial charge in [-0.2, -0.15) is 0 Å². The molecule has 222 valence electrons. The molecule has 0 bridgehead atoms. The van der Waals surface area contributed by atoms with Gasteiger partial charge in [0.1, 0.15) is 11.6 Å². The van der Waals surface area contributed by atoms with E-state index in [1.807, 2.05) is 13.8 Å². The summed E-state index contributed by atoms with van der Waals surface area (Å²) >= 11 is 0. The number of primary amides is 2. The highest BCUT2D eigenvalue weighted by Gasteiger charge is 2.34. The van der Waals surface area contributed by atoms with Crippen LogP contribution in [0.1, 0.15) is 100 Å². The fourth-order valence-corrected chi connectivity index (χ4v) is 5.48. The molecule has 1 fully saturated rings. The summed E-state index contributed by atoms with van der Waals surface area (Å²) < 4.78 is 28.3. The van der Waals surface area contributed by atoms with Gasteiger partial charge in [0.2, 0.25) is 17.7 Å². The van der Waals surface area contributed by atoms with Crippen molar-refractivity contribution in [3.05, 3.63) is 69.8 Å². The lowest BCUT2D eigenvalue weighted by Gasteiger charge is -2.30. The molecule has 0 spiro atoms. The molecule has 0 radical (unpaired) electrons. The molecular formula is C30H38F2N4O5. The van der Waals surface area contributed by atoms with Crippen LogP contribution in [0.15, 0.2) is 30.3 Å². The Morgan fingerprint density at radius 1 is 1.00 bits per heavy atom. The molecule has 1 aliphatic rings. The lowest BCUT2D eigenvalue weighted by atomic mass is 9.79. The average Bonchev–Trinajstić information content (AvgIpc) is 3.33. The van der Waals surface area contributed by atoms with Crippen molar-refractivity contribution in [2.24, 2.45) is 11.5 Å². The van der Waals surface area contributed by atoms with E-state index < -0.39 is 41.4 Å². The van der Waals surface area contributed by atoms with Gasteiger partial charge in [0.15, 0.2) is 0 Å². The molecular weight excluding hydrogens is 534 g/mol. The molecule has 1 saturated heterocycles. The predicted molar refractivity (Wildman–Crippen MR) is 149 cm³/mol. The van der Waals surface area contributed by atoms with E-state index in [-0.39, 0.29) is 52.6 Å². The lowest BCUT2D eigenvalue weighted by molar-refractivity contribution is -0.119. The monoisotopic (exact) mass is 572 g/mol. The largest absolute Gasteiger partial charge is 0.392 e. The van der Waals surface area contributed by atoms with Crippen molar-refractivity contribution >= 4 is 23.6 Å². The zero-order valence-electron chi connectivity index (χ0n) is 23.4. The summed E-state index contributed by atoms with van der Waals surface area (Å²) in [5.74, 6) is -5.09. The number of carbonyl (C=O) groups is 4. The van der Waals surface area contributed by atoms with Gasteiger partial charge in [0.25, 0.3) is 5.91 Å². The molecule has 2 aromatic carbocycles. The number of rotatable bonds is 14. The zero-order chi connectivity index (χ0) is 30.3. The summed E-state index contributed by atoms with van der Waals surface area (Å²) in [4.78, 5) is 52.2. The number of nitrogens with two attached hydrogens (primary N) is 2. The summed E-state index contributed by atoms with van der Waals surface area (Å²) in [6, 6.07) is 5.25. The summed E-state index contributed by atoms with van der Waals surface area (Å²) in [7, 11) is 0. The van der Waals surface area contributed by atoms with Crippen LogP contribution < -0.4 is 16.8 Å². The number of amides is 4. The minimum absolute atomic E-state index is 0.0351. The van der Waals surface area contributed by atoms with Crippen molar-refractivity contribution in [3.8, 4) is 0 Å². The van der Waals surface area contributed by atoms with Crippen LogP contribution in [0.4, 0.5) is 8.78 Å². The molecule has 6 N–H and O–H groups in total. The Morgan fingerprint density at radius 3 is 2.12 bits per heavy atom. The molecule has 0 aliphatic carbocycles. The third-order valence-corrected chi connectivity index (χ3v) is 7.34. The van der Waals surface area contributed by atoms with Crippen LogP contribution in [0.2, 0.25) is 0 Å². The van der Waals surface area contributed by atoms with E-state index in [0.29, 0.717) is 45.2 Å². The predicted octanol–water partition coefficient (Wildman–Crippen LogP) is 3.17. The topological polar surface area (TPSA) is 156 Å². The maximum atomic E-state index is 14.2. The molecule has 3 unspecified atom stereocenters. The Kier molecular flexibility index (Phi) is 10.9. The third-order valence-electron chi connectivity index (χ3n) is 7.34. The quantitative estimate of drug-likeness (QED) is 0.274. The number of nitrogens with one attached hydrogen (secondary N) is 1. The molecule has 1 heterocycles. The summed E-state index contributed by atoms with van der Waals surface area (Å²) in [5, 5.41) is 14.4. The Labute approximate surface area is 238 Å². The molecule has 2 aromatic rings. The minimum atomic E-state index is -1.21.